The Hall–Kier alpha value is -3.52. The average molecular weight is 433 g/mol. The van der Waals surface area contributed by atoms with Crippen LogP contribution in [0.25, 0.3) is 16.3 Å². The van der Waals surface area contributed by atoms with Crippen molar-refractivity contribution in [3.05, 3.63) is 65.0 Å². The number of amides is 1. The third-order valence-corrected chi connectivity index (χ3v) is 6.20. The Labute approximate surface area is 185 Å². The first-order valence-corrected chi connectivity index (χ1v) is 10.8. The molecular formula is C23H24N6OS. The van der Waals surface area contributed by atoms with E-state index in [1.807, 2.05) is 50.2 Å². The van der Waals surface area contributed by atoms with Gasteiger partial charge in [-0.2, -0.15) is 4.37 Å². The van der Waals surface area contributed by atoms with Crippen LogP contribution in [0.3, 0.4) is 0 Å². The zero-order valence-corrected chi connectivity index (χ0v) is 18.3. The van der Waals surface area contributed by atoms with Gasteiger partial charge in [0, 0.05) is 41.0 Å². The molecule has 0 bridgehead atoms. The summed E-state index contributed by atoms with van der Waals surface area (Å²) in [6, 6.07) is 11.8. The molecule has 0 saturated heterocycles. The summed E-state index contributed by atoms with van der Waals surface area (Å²) in [7, 11) is 0. The number of benzene rings is 2. The normalized spacial score (nSPS) is 13.2. The highest BCUT2D eigenvalue weighted by Crippen LogP contribution is 2.33. The van der Waals surface area contributed by atoms with Crippen molar-refractivity contribution < 1.29 is 4.79 Å². The van der Waals surface area contributed by atoms with Crippen molar-refractivity contribution in [2.24, 2.45) is 5.73 Å². The highest BCUT2D eigenvalue weighted by molar-refractivity contribution is 7.09. The van der Waals surface area contributed by atoms with Gasteiger partial charge in [0.2, 0.25) is 5.91 Å². The Bertz CT molecular complexity index is 1180. The second-order valence-corrected chi connectivity index (χ2v) is 8.17. The van der Waals surface area contributed by atoms with E-state index in [1.54, 1.807) is 11.0 Å². The summed E-state index contributed by atoms with van der Waals surface area (Å²) < 4.78 is 4.25. The van der Waals surface area contributed by atoms with Crippen molar-refractivity contribution in [1.29, 1.82) is 5.41 Å². The molecule has 0 saturated carbocycles. The summed E-state index contributed by atoms with van der Waals surface area (Å²) in [4.78, 5) is 19.3. The van der Waals surface area contributed by atoms with Gasteiger partial charge >= 0.3 is 0 Å². The first kappa shape index (κ1) is 20.7. The fraction of sp³-hybridized carbons (Fsp3) is 0.217. The van der Waals surface area contributed by atoms with Crippen molar-refractivity contribution >= 4 is 40.7 Å². The van der Waals surface area contributed by atoms with Crippen LogP contribution in [0.2, 0.25) is 0 Å². The number of aryl methyl sites for hydroxylation is 2. The molecule has 0 aliphatic carbocycles. The lowest BCUT2D eigenvalue weighted by molar-refractivity contribution is -0.116. The molecule has 4 rings (SSSR count). The highest BCUT2D eigenvalue weighted by Gasteiger charge is 2.26. The van der Waals surface area contributed by atoms with Crippen molar-refractivity contribution in [1.82, 2.24) is 9.36 Å². The molecule has 31 heavy (non-hydrogen) atoms. The maximum Gasteiger partial charge on any atom is 0.246 e. The van der Waals surface area contributed by atoms with Crippen LogP contribution in [0.4, 0.5) is 11.4 Å². The average Bonchev–Trinajstić information content (AvgIpc) is 3.39. The molecule has 3 aromatic rings. The number of carbonyl (C=O) groups excluding carboxylic acids is 1. The summed E-state index contributed by atoms with van der Waals surface area (Å²) in [6.07, 6.45) is 3.49. The van der Waals surface area contributed by atoms with Crippen LogP contribution in [0.15, 0.2) is 42.5 Å². The lowest BCUT2D eigenvalue weighted by atomic mass is 10.0. The number of nitrogens with zero attached hydrogens (tertiary/aromatic N) is 3. The minimum atomic E-state index is 0.00191. The number of aromatic nitrogens is 2. The minimum Gasteiger partial charge on any atom is -0.398 e. The third kappa shape index (κ3) is 4.20. The van der Waals surface area contributed by atoms with E-state index in [2.05, 4.69) is 14.7 Å². The van der Waals surface area contributed by atoms with Crippen molar-refractivity contribution in [2.75, 3.05) is 23.3 Å². The van der Waals surface area contributed by atoms with Gasteiger partial charge in [0.05, 0.1) is 6.54 Å². The summed E-state index contributed by atoms with van der Waals surface area (Å²) in [6.45, 7) is 4.69. The maximum absolute atomic E-state index is 13.0. The van der Waals surface area contributed by atoms with Gasteiger partial charge in [-0.05, 0) is 61.1 Å². The van der Waals surface area contributed by atoms with Crippen LogP contribution in [0, 0.1) is 19.3 Å². The fourth-order valence-electron chi connectivity index (χ4n) is 3.77. The van der Waals surface area contributed by atoms with E-state index in [4.69, 9.17) is 11.1 Å². The predicted octanol–water partition coefficient (Wildman–Crippen LogP) is 3.77. The number of nitrogens with one attached hydrogen (secondary N) is 2. The quantitative estimate of drug-likeness (QED) is 0.514. The fourth-order valence-corrected chi connectivity index (χ4v) is 4.43. The SMILES string of the molecule is Cc1nsc(-c2ccc(C)c(NCC(=O)N3CCc4c(/C(N)=C/C=N)cccc43)c2)n1. The van der Waals surface area contributed by atoms with Gasteiger partial charge in [-0.1, -0.05) is 24.3 Å². The second-order valence-electron chi connectivity index (χ2n) is 7.42. The number of rotatable bonds is 6. The second kappa shape index (κ2) is 8.69. The van der Waals surface area contributed by atoms with E-state index >= 15 is 0 Å². The number of fused-ring (bicyclic) bond motifs is 1. The predicted molar refractivity (Wildman–Crippen MR) is 127 cm³/mol. The topological polar surface area (TPSA) is 108 Å². The number of allylic oxidation sites excluding steroid dienone is 1. The van der Waals surface area contributed by atoms with Crippen LogP contribution in [0.5, 0.6) is 0 Å². The van der Waals surface area contributed by atoms with Gasteiger partial charge in [-0.25, -0.2) is 4.98 Å². The largest absolute Gasteiger partial charge is 0.398 e. The lowest BCUT2D eigenvalue weighted by Crippen LogP contribution is -2.34. The first-order chi connectivity index (χ1) is 15.0. The van der Waals surface area contributed by atoms with Gasteiger partial charge in [-0.3, -0.25) is 4.79 Å². The monoisotopic (exact) mass is 432 g/mol. The molecule has 0 radical (unpaired) electrons. The number of carbonyl (C=O) groups is 1. The van der Waals surface area contributed by atoms with Gasteiger partial charge in [0.25, 0.3) is 0 Å². The van der Waals surface area contributed by atoms with Crippen LogP contribution in [0.1, 0.15) is 22.5 Å². The first-order valence-electron chi connectivity index (χ1n) is 10.0. The lowest BCUT2D eigenvalue weighted by Gasteiger charge is -2.19. The number of hydrogen-bond acceptors (Lipinski definition) is 7. The molecule has 0 spiro atoms. The van der Waals surface area contributed by atoms with E-state index in [0.29, 0.717) is 12.2 Å². The summed E-state index contributed by atoms with van der Waals surface area (Å²) in [5.74, 6) is 0.760. The molecule has 0 fully saturated rings. The zero-order valence-electron chi connectivity index (χ0n) is 17.5. The Balaban J connectivity index is 1.51. The van der Waals surface area contributed by atoms with Crippen molar-refractivity contribution in [3.63, 3.8) is 0 Å². The van der Waals surface area contributed by atoms with E-state index in [9.17, 15) is 4.79 Å². The van der Waals surface area contributed by atoms with Gasteiger partial charge in [0.15, 0.2) is 0 Å². The molecule has 158 valence electrons. The molecule has 1 amide bonds. The molecule has 2 heterocycles. The van der Waals surface area contributed by atoms with Crippen LogP contribution >= 0.6 is 11.5 Å². The van der Waals surface area contributed by atoms with Gasteiger partial charge < -0.3 is 21.4 Å². The Morgan fingerprint density at radius 3 is 2.90 bits per heavy atom. The molecular weight excluding hydrogens is 408 g/mol. The third-order valence-electron chi connectivity index (χ3n) is 5.34. The molecule has 7 nitrogen and oxygen atoms in total. The molecule has 0 unspecified atom stereocenters. The number of anilines is 2. The molecule has 4 N–H and O–H groups in total. The van der Waals surface area contributed by atoms with Crippen molar-refractivity contribution in [2.45, 2.75) is 20.3 Å². The van der Waals surface area contributed by atoms with Crippen molar-refractivity contribution in [3.8, 4) is 10.6 Å². The Kier molecular flexibility index (Phi) is 5.81. The summed E-state index contributed by atoms with van der Waals surface area (Å²) >= 11 is 1.37. The molecule has 0 atom stereocenters. The highest BCUT2D eigenvalue weighted by atomic mass is 32.1. The summed E-state index contributed by atoms with van der Waals surface area (Å²) in [5, 5.41) is 11.4. The van der Waals surface area contributed by atoms with Crippen LogP contribution < -0.4 is 16.0 Å². The molecule has 2 aromatic carbocycles. The Morgan fingerprint density at radius 1 is 1.32 bits per heavy atom. The molecule has 8 heteroatoms. The molecule has 1 aliphatic rings. The molecule has 1 aliphatic heterocycles. The Morgan fingerprint density at radius 2 is 2.16 bits per heavy atom. The van der Waals surface area contributed by atoms with Gasteiger partial charge in [-0.15, -0.1) is 0 Å². The zero-order chi connectivity index (χ0) is 22.0. The standard InChI is InChI=1S/C23H24N6OS/c1-14-6-7-16(23-27-15(2)28-31-23)12-20(14)26-13-22(30)29-11-9-18-17(19(25)8-10-24)4-3-5-21(18)29/h3-8,10,12,24,26H,9,11,13,25H2,1-2H3/b19-8-,24-10?. The van der Waals surface area contributed by atoms with Crippen LogP contribution in [-0.4, -0.2) is 34.6 Å². The van der Waals surface area contributed by atoms with Crippen LogP contribution in [-0.2, 0) is 11.2 Å². The molecule has 1 aromatic heterocycles. The smallest absolute Gasteiger partial charge is 0.246 e. The van der Waals surface area contributed by atoms with E-state index < -0.39 is 0 Å². The summed E-state index contributed by atoms with van der Waals surface area (Å²) in [5.41, 5.74) is 12.4. The van der Waals surface area contributed by atoms with E-state index in [-0.39, 0.29) is 12.5 Å². The van der Waals surface area contributed by atoms with E-state index in [1.165, 1.54) is 17.7 Å². The number of hydrogen-bond donors (Lipinski definition) is 3. The van der Waals surface area contributed by atoms with Gasteiger partial charge in [0.1, 0.15) is 10.8 Å². The minimum absolute atomic E-state index is 0.00191. The number of nitrogens with two attached hydrogens (primary N) is 1. The van der Waals surface area contributed by atoms with E-state index in [0.717, 1.165) is 50.9 Å². The maximum atomic E-state index is 13.0.